The maximum atomic E-state index is 10.8. The molecule has 0 aromatic heterocycles. The highest BCUT2D eigenvalue weighted by Gasteiger charge is 2.13. The molecule has 0 aliphatic heterocycles. The zero-order valence-corrected chi connectivity index (χ0v) is 18.1. The fourth-order valence-electron chi connectivity index (χ4n) is 2.84. The Balaban J connectivity index is 1.56. The molecule has 6 nitrogen and oxygen atoms in total. The molecule has 2 atom stereocenters. The van der Waals surface area contributed by atoms with Gasteiger partial charge in [0.25, 0.3) is 0 Å². The fourth-order valence-corrected chi connectivity index (χ4v) is 2.84. The van der Waals surface area contributed by atoms with Gasteiger partial charge in [0.1, 0.15) is 35.6 Å². The number of hydrogen-bond donors (Lipinski definition) is 0. The van der Waals surface area contributed by atoms with E-state index in [9.17, 15) is 9.59 Å². The zero-order chi connectivity index (χ0) is 22.8. The fraction of sp³-hybridized carbons (Fsp3) is 0.231. The summed E-state index contributed by atoms with van der Waals surface area (Å²) in [6.45, 7) is 3.93. The summed E-state index contributed by atoms with van der Waals surface area (Å²) < 4.78 is 23.5. The van der Waals surface area contributed by atoms with Gasteiger partial charge in [-0.1, -0.05) is 13.8 Å². The molecule has 0 N–H and O–H groups in total. The lowest BCUT2D eigenvalue weighted by molar-refractivity contribution is 0.000236. The van der Waals surface area contributed by atoms with Crippen molar-refractivity contribution in [1.29, 1.82) is 0 Å². The van der Waals surface area contributed by atoms with Crippen molar-refractivity contribution in [3.8, 4) is 23.0 Å². The van der Waals surface area contributed by atoms with E-state index in [-0.39, 0.29) is 0 Å². The van der Waals surface area contributed by atoms with E-state index >= 15 is 0 Å². The van der Waals surface area contributed by atoms with Gasteiger partial charge in [-0.15, -0.1) is 0 Å². The predicted molar refractivity (Wildman–Crippen MR) is 121 cm³/mol. The first-order valence-corrected chi connectivity index (χ1v) is 10.5. The topological polar surface area (TPSA) is 71.1 Å². The van der Waals surface area contributed by atoms with E-state index in [4.69, 9.17) is 18.9 Å². The Kier molecular flexibility index (Phi) is 8.26. The third kappa shape index (κ3) is 6.60. The Hall–Kier alpha value is -3.80. The van der Waals surface area contributed by atoms with Crippen LogP contribution in [0.15, 0.2) is 72.8 Å². The summed E-state index contributed by atoms with van der Waals surface area (Å²) in [4.78, 5) is 21.5. The predicted octanol–water partition coefficient (Wildman–Crippen LogP) is 5.70. The van der Waals surface area contributed by atoms with E-state index in [1.54, 1.807) is 48.5 Å². The minimum absolute atomic E-state index is 0.468. The van der Waals surface area contributed by atoms with Gasteiger partial charge in [0.2, 0.25) is 12.6 Å². The lowest BCUT2D eigenvalue weighted by atomic mass is 10.2. The smallest absolute Gasteiger partial charge is 0.240 e. The summed E-state index contributed by atoms with van der Waals surface area (Å²) >= 11 is 0. The highest BCUT2D eigenvalue weighted by Crippen LogP contribution is 2.23. The van der Waals surface area contributed by atoms with Crippen LogP contribution in [0.1, 0.15) is 47.4 Å². The second-order valence-corrected chi connectivity index (χ2v) is 6.99. The van der Waals surface area contributed by atoms with Gasteiger partial charge >= 0.3 is 0 Å². The van der Waals surface area contributed by atoms with Crippen LogP contribution in [0.4, 0.5) is 0 Å². The summed E-state index contributed by atoms with van der Waals surface area (Å²) in [7, 11) is 0. The van der Waals surface area contributed by atoms with Crippen molar-refractivity contribution >= 4 is 12.6 Å². The SMILES string of the molecule is CCC(Oc1ccc(C=O)cc1)Oc1ccc(OC(CC)Oc2ccc(C=O)cc2)cc1. The maximum Gasteiger partial charge on any atom is 0.240 e. The molecule has 0 spiro atoms. The van der Waals surface area contributed by atoms with Crippen molar-refractivity contribution in [2.24, 2.45) is 0 Å². The van der Waals surface area contributed by atoms with E-state index in [1.165, 1.54) is 0 Å². The molecule has 3 aromatic carbocycles. The van der Waals surface area contributed by atoms with Gasteiger partial charge < -0.3 is 18.9 Å². The first-order valence-electron chi connectivity index (χ1n) is 10.5. The summed E-state index contributed by atoms with van der Waals surface area (Å²) in [6.07, 6.45) is 1.93. The highest BCUT2D eigenvalue weighted by molar-refractivity contribution is 5.75. The van der Waals surface area contributed by atoms with E-state index in [0.717, 1.165) is 12.6 Å². The van der Waals surface area contributed by atoms with Gasteiger partial charge in [-0.25, -0.2) is 0 Å². The summed E-state index contributed by atoms with van der Waals surface area (Å²) in [6, 6.07) is 21.0. The Morgan fingerprint density at radius 3 is 1.00 bits per heavy atom. The number of carbonyl (C=O) groups is 2. The molecule has 6 heteroatoms. The van der Waals surface area contributed by atoms with Gasteiger partial charge in [-0.2, -0.15) is 0 Å². The number of hydrogen-bond acceptors (Lipinski definition) is 6. The van der Waals surface area contributed by atoms with Gasteiger partial charge in [0, 0.05) is 24.0 Å². The normalized spacial score (nSPS) is 12.3. The third-order valence-electron chi connectivity index (χ3n) is 4.59. The quantitative estimate of drug-likeness (QED) is 0.269. The molecule has 0 heterocycles. The molecule has 0 bridgehead atoms. The van der Waals surface area contributed by atoms with E-state index in [2.05, 4.69) is 0 Å². The largest absolute Gasteiger partial charge is 0.455 e. The molecule has 0 fully saturated rings. The monoisotopic (exact) mass is 434 g/mol. The Morgan fingerprint density at radius 1 is 0.531 bits per heavy atom. The first-order chi connectivity index (χ1) is 15.6. The molecule has 2 unspecified atom stereocenters. The van der Waals surface area contributed by atoms with E-state index < -0.39 is 12.6 Å². The molecule has 0 aliphatic rings. The molecule has 0 saturated carbocycles. The summed E-state index contributed by atoms with van der Waals surface area (Å²) in [5.74, 6) is 2.55. The van der Waals surface area contributed by atoms with Crippen LogP contribution >= 0.6 is 0 Å². The van der Waals surface area contributed by atoms with Gasteiger partial charge in [-0.05, 0) is 72.8 Å². The number of benzene rings is 3. The molecule has 0 saturated heterocycles. The minimum Gasteiger partial charge on any atom is -0.455 e. The lowest BCUT2D eigenvalue weighted by Crippen LogP contribution is -2.23. The van der Waals surface area contributed by atoms with Crippen molar-refractivity contribution in [1.82, 2.24) is 0 Å². The minimum atomic E-state index is -0.468. The van der Waals surface area contributed by atoms with Crippen LogP contribution in [0.5, 0.6) is 23.0 Å². The standard InChI is InChI=1S/C26H26O6/c1-3-25(29-21-9-5-19(17-27)6-10-21)31-23-13-15-24(16-14-23)32-26(4-2)30-22-11-7-20(18-28)8-12-22/h5-18,25-26H,3-4H2,1-2H3. The van der Waals surface area contributed by atoms with Crippen molar-refractivity contribution in [2.75, 3.05) is 0 Å². The number of carbonyl (C=O) groups excluding carboxylic acids is 2. The highest BCUT2D eigenvalue weighted by atomic mass is 16.7. The van der Waals surface area contributed by atoms with Crippen molar-refractivity contribution in [2.45, 2.75) is 39.3 Å². The van der Waals surface area contributed by atoms with Crippen LogP contribution in [-0.2, 0) is 0 Å². The van der Waals surface area contributed by atoms with Gasteiger partial charge in [-0.3, -0.25) is 9.59 Å². The summed E-state index contributed by atoms with van der Waals surface area (Å²) in [5, 5.41) is 0. The van der Waals surface area contributed by atoms with Crippen molar-refractivity contribution < 1.29 is 28.5 Å². The Morgan fingerprint density at radius 2 is 0.781 bits per heavy atom. The second-order valence-electron chi connectivity index (χ2n) is 6.99. The average Bonchev–Trinajstić information content (AvgIpc) is 2.85. The van der Waals surface area contributed by atoms with Crippen LogP contribution in [0.25, 0.3) is 0 Å². The lowest BCUT2D eigenvalue weighted by Gasteiger charge is -2.21. The van der Waals surface area contributed by atoms with Crippen LogP contribution < -0.4 is 18.9 Å². The molecule has 0 amide bonds. The summed E-state index contributed by atoms with van der Waals surface area (Å²) in [5.41, 5.74) is 1.18. The molecule has 3 rings (SSSR count). The molecule has 0 aliphatic carbocycles. The van der Waals surface area contributed by atoms with Gasteiger partial charge in [0.15, 0.2) is 0 Å². The van der Waals surface area contributed by atoms with Crippen LogP contribution in [0.2, 0.25) is 0 Å². The van der Waals surface area contributed by atoms with Crippen LogP contribution in [0.3, 0.4) is 0 Å². The second kappa shape index (κ2) is 11.6. The van der Waals surface area contributed by atoms with Crippen molar-refractivity contribution in [3.63, 3.8) is 0 Å². The maximum absolute atomic E-state index is 10.8. The number of aldehydes is 2. The van der Waals surface area contributed by atoms with Crippen LogP contribution in [-0.4, -0.2) is 25.2 Å². The number of ether oxygens (including phenoxy) is 4. The molecule has 166 valence electrons. The Bertz CT molecular complexity index is 898. The average molecular weight is 434 g/mol. The van der Waals surface area contributed by atoms with E-state index in [0.29, 0.717) is 47.0 Å². The molecule has 32 heavy (non-hydrogen) atoms. The Labute approximate surface area is 187 Å². The zero-order valence-electron chi connectivity index (χ0n) is 18.1. The van der Waals surface area contributed by atoms with Crippen LogP contribution in [0, 0.1) is 0 Å². The molecular formula is C26H26O6. The number of rotatable bonds is 12. The van der Waals surface area contributed by atoms with Crippen molar-refractivity contribution in [3.05, 3.63) is 83.9 Å². The molecule has 0 radical (unpaired) electrons. The molecular weight excluding hydrogens is 408 g/mol. The third-order valence-corrected chi connectivity index (χ3v) is 4.59. The first kappa shape index (κ1) is 22.9. The molecule has 3 aromatic rings. The van der Waals surface area contributed by atoms with Gasteiger partial charge in [0.05, 0.1) is 0 Å². The van der Waals surface area contributed by atoms with E-state index in [1.807, 2.05) is 38.1 Å².